The molecular weight excluding hydrogens is 297 g/mol. The molecule has 0 aliphatic heterocycles. The molecule has 0 spiro atoms. The smallest absolute Gasteiger partial charge is 0.365 e. The Hall–Kier alpha value is -2.90. The summed E-state index contributed by atoms with van der Waals surface area (Å²) in [4.78, 5) is 15.4. The Balaban J connectivity index is 2.16. The summed E-state index contributed by atoms with van der Waals surface area (Å²) in [5, 5.41) is 4.54. The van der Waals surface area contributed by atoms with Crippen LogP contribution in [0, 0.1) is 0 Å². The number of hydrogen-bond donors (Lipinski definition) is 1. The lowest BCUT2D eigenvalue weighted by atomic mass is 10.1. The van der Waals surface area contributed by atoms with Gasteiger partial charge in [-0.25, -0.2) is 9.67 Å². The number of nitrogens with two attached hydrogens (primary N) is 1. The first kappa shape index (κ1) is 14.1. The van der Waals surface area contributed by atoms with Crippen molar-refractivity contribution in [3.05, 3.63) is 53.9 Å². The van der Waals surface area contributed by atoms with E-state index < -0.39 is 17.6 Å². The Bertz CT molecular complexity index is 870. The summed E-state index contributed by atoms with van der Waals surface area (Å²) in [7, 11) is 0. The molecule has 0 aliphatic rings. The number of alkyl halides is 3. The molecule has 2 aromatic heterocycles. The maximum absolute atomic E-state index is 12.7. The number of hydrogen-bond acceptors (Lipinski definition) is 3. The van der Waals surface area contributed by atoms with Gasteiger partial charge in [0.1, 0.15) is 0 Å². The maximum atomic E-state index is 12.7. The van der Waals surface area contributed by atoms with E-state index in [9.17, 15) is 18.0 Å². The van der Waals surface area contributed by atoms with Crippen molar-refractivity contribution in [2.45, 2.75) is 6.18 Å². The van der Waals surface area contributed by atoms with Gasteiger partial charge < -0.3 is 5.73 Å². The second kappa shape index (κ2) is 4.83. The molecule has 0 bridgehead atoms. The minimum absolute atomic E-state index is 0.131. The zero-order chi connectivity index (χ0) is 15.9. The molecule has 0 atom stereocenters. The van der Waals surface area contributed by atoms with Gasteiger partial charge in [-0.3, -0.25) is 4.79 Å². The lowest BCUT2D eigenvalue weighted by molar-refractivity contribution is -0.137. The topological polar surface area (TPSA) is 73.8 Å². The van der Waals surface area contributed by atoms with Gasteiger partial charge in [0.05, 0.1) is 16.6 Å². The molecule has 0 saturated carbocycles. The van der Waals surface area contributed by atoms with Gasteiger partial charge >= 0.3 is 6.18 Å². The first-order chi connectivity index (χ1) is 10.4. The average Bonchev–Trinajstić information content (AvgIpc) is 2.89. The number of aromatic nitrogens is 3. The zero-order valence-electron chi connectivity index (χ0n) is 11.0. The van der Waals surface area contributed by atoms with Crippen LogP contribution in [0.25, 0.3) is 16.7 Å². The summed E-state index contributed by atoms with van der Waals surface area (Å²) in [6.45, 7) is 0. The predicted octanol–water partition coefficient (Wildman–Crippen LogP) is 2.54. The van der Waals surface area contributed by atoms with Crippen LogP contribution in [0.2, 0.25) is 0 Å². The molecule has 22 heavy (non-hydrogen) atoms. The highest BCUT2D eigenvalue weighted by atomic mass is 19.4. The normalized spacial score (nSPS) is 11.8. The molecule has 3 rings (SSSR count). The van der Waals surface area contributed by atoms with Crippen LogP contribution in [-0.2, 0) is 6.18 Å². The van der Waals surface area contributed by atoms with Gasteiger partial charge in [-0.2, -0.15) is 18.3 Å². The first-order valence-electron chi connectivity index (χ1n) is 6.18. The first-order valence-corrected chi connectivity index (χ1v) is 6.18. The van der Waals surface area contributed by atoms with Crippen molar-refractivity contribution in [2.24, 2.45) is 5.73 Å². The third-order valence-corrected chi connectivity index (χ3v) is 3.10. The van der Waals surface area contributed by atoms with Crippen molar-refractivity contribution >= 4 is 16.8 Å². The summed E-state index contributed by atoms with van der Waals surface area (Å²) < 4.78 is 39.4. The molecule has 0 unspecified atom stereocenters. The van der Waals surface area contributed by atoms with Crippen LogP contribution in [0.15, 0.2) is 42.7 Å². The minimum atomic E-state index is -4.44. The molecule has 5 nitrogen and oxygen atoms in total. The highest BCUT2D eigenvalue weighted by Gasteiger charge is 2.30. The Morgan fingerprint density at radius 1 is 1.23 bits per heavy atom. The summed E-state index contributed by atoms with van der Waals surface area (Å²) in [6.07, 6.45) is -1.51. The number of nitrogens with zero attached hydrogens (tertiary/aromatic N) is 3. The summed E-state index contributed by atoms with van der Waals surface area (Å²) in [5.41, 5.74) is 4.75. The number of halogens is 3. The molecule has 0 fully saturated rings. The Morgan fingerprint density at radius 3 is 2.68 bits per heavy atom. The van der Waals surface area contributed by atoms with E-state index in [4.69, 9.17) is 5.73 Å². The maximum Gasteiger partial charge on any atom is 0.416 e. The molecule has 8 heteroatoms. The van der Waals surface area contributed by atoms with Crippen LogP contribution < -0.4 is 5.73 Å². The van der Waals surface area contributed by atoms with Crippen LogP contribution in [0.1, 0.15) is 15.9 Å². The predicted molar refractivity (Wildman–Crippen MR) is 72.4 cm³/mol. The van der Waals surface area contributed by atoms with E-state index in [-0.39, 0.29) is 16.9 Å². The second-order valence-electron chi connectivity index (χ2n) is 4.58. The Kier molecular flexibility index (Phi) is 3.09. The number of rotatable bonds is 2. The molecule has 3 aromatic rings. The van der Waals surface area contributed by atoms with Crippen LogP contribution in [0.5, 0.6) is 0 Å². The number of benzene rings is 1. The van der Waals surface area contributed by atoms with Crippen LogP contribution >= 0.6 is 0 Å². The van der Waals surface area contributed by atoms with Gasteiger partial charge in [-0.05, 0) is 24.3 Å². The number of carbonyl (C=O) groups excluding carboxylic acids is 1. The molecule has 1 aromatic carbocycles. The standard InChI is InChI=1S/C14H9F3N4O/c15-14(16,17)9-4-3-8-7-21(20-11(8)6-9)13-10(12(18)22)2-1-5-19-13/h1-7H,(H2,18,22). The van der Waals surface area contributed by atoms with E-state index >= 15 is 0 Å². The van der Waals surface area contributed by atoms with Gasteiger partial charge in [0.15, 0.2) is 5.82 Å². The minimum Gasteiger partial charge on any atom is -0.365 e. The van der Waals surface area contributed by atoms with Gasteiger partial charge in [0.25, 0.3) is 5.91 Å². The van der Waals surface area contributed by atoms with Crippen molar-refractivity contribution in [3.8, 4) is 5.82 Å². The van der Waals surface area contributed by atoms with Crippen molar-refractivity contribution in [2.75, 3.05) is 0 Å². The highest BCUT2D eigenvalue weighted by molar-refractivity contribution is 5.96. The van der Waals surface area contributed by atoms with Crippen LogP contribution in [-0.4, -0.2) is 20.7 Å². The number of fused-ring (bicyclic) bond motifs is 1. The van der Waals surface area contributed by atoms with Crippen molar-refractivity contribution in [1.82, 2.24) is 14.8 Å². The van der Waals surface area contributed by atoms with Crippen molar-refractivity contribution in [1.29, 1.82) is 0 Å². The Morgan fingerprint density at radius 2 is 2.00 bits per heavy atom. The number of primary amides is 1. The molecular formula is C14H9F3N4O. The van der Waals surface area contributed by atoms with E-state index in [2.05, 4.69) is 10.1 Å². The van der Waals surface area contributed by atoms with Gasteiger partial charge in [-0.1, -0.05) is 6.07 Å². The van der Waals surface area contributed by atoms with E-state index in [1.54, 1.807) is 0 Å². The van der Waals surface area contributed by atoms with Crippen LogP contribution in [0.3, 0.4) is 0 Å². The monoisotopic (exact) mass is 306 g/mol. The van der Waals surface area contributed by atoms with Gasteiger partial charge in [-0.15, -0.1) is 0 Å². The second-order valence-corrected chi connectivity index (χ2v) is 4.58. The summed E-state index contributed by atoms with van der Waals surface area (Å²) in [6, 6.07) is 6.24. The average molecular weight is 306 g/mol. The quantitative estimate of drug-likeness (QED) is 0.790. The third kappa shape index (κ3) is 2.39. The molecule has 2 heterocycles. The molecule has 2 N–H and O–H groups in total. The lowest BCUT2D eigenvalue weighted by Crippen LogP contribution is -2.15. The number of carbonyl (C=O) groups is 1. The number of pyridine rings is 1. The van der Waals surface area contributed by atoms with E-state index in [0.29, 0.717) is 5.39 Å². The molecule has 0 radical (unpaired) electrons. The largest absolute Gasteiger partial charge is 0.416 e. The number of amides is 1. The highest BCUT2D eigenvalue weighted by Crippen LogP contribution is 2.31. The molecule has 0 saturated heterocycles. The van der Waals surface area contributed by atoms with Crippen molar-refractivity contribution < 1.29 is 18.0 Å². The van der Waals surface area contributed by atoms with E-state index in [1.807, 2.05) is 0 Å². The molecule has 112 valence electrons. The van der Waals surface area contributed by atoms with Gasteiger partial charge in [0, 0.05) is 17.8 Å². The lowest BCUT2D eigenvalue weighted by Gasteiger charge is -2.05. The summed E-state index contributed by atoms with van der Waals surface area (Å²) >= 11 is 0. The van der Waals surface area contributed by atoms with E-state index in [1.165, 1.54) is 35.3 Å². The zero-order valence-corrected chi connectivity index (χ0v) is 11.0. The molecule has 0 aliphatic carbocycles. The fourth-order valence-corrected chi connectivity index (χ4v) is 2.07. The SMILES string of the molecule is NC(=O)c1cccnc1-n1cc2ccc(C(F)(F)F)cc2n1. The summed E-state index contributed by atoms with van der Waals surface area (Å²) in [5.74, 6) is -0.529. The van der Waals surface area contributed by atoms with Gasteiger partial charge in [0.2, 0.25) is 0 Å². The van der Waals surface area contributed by atoms with E-state index in [0.717, 1.165) is 12.1 Å². The van der Waals surface area contributed by atoms with Crippen molar-refractivity contribution in [3.63, 3.8) is 0 Å². The fourth-order valence-electron chi connectivity index (χ4n) is 2.07. The third-order valence-electron chi connectivity index (χ3n) is 3.10. The Labute approximate surface area is 122 Å². The molecule has 1 amide bonds. The van der Waals surface area contributed by atoms with Crippen LogP contribution in [0.4, 0.5) is 13.2 Å². The fraction of sp³-hybridized carbons (Fsp3) is 0.0714.